The van der Waals surface area contributed by atoms with Crippen molar-refractivity contribution in [1.82, 2.24) is 0 Å². The van der Waals surface area contributed by atoms with Crippen LogP contribution in [0.4, 0.5) is 0 Å². The molecule has 18 heavy (non-hydrogen) atoms. The van der Waals surface area contributed by atoms with Gasteiger partial charge in [-0.2, -0.15) is 0 Å². The monoisotopic (exact) mass is 256 g/mol. The van der Waals surface area contributed by atoms with Gasteiger partial charge in [0.2, 0.25) is 0 Å². The number of carbonyl (C=O) groups excluding carboxylic acids is 1. The number of carbonyl (C=O) groups is 1. The van der Waals surface area contributed by atoms with Gasteiger partial charge in [-0.25, -0.2) is 0 Å². The topological polar surface area (TPSA) is 49.4 Å². The number of hydrogen-bond acceptors (Lipinski definition) is 3. The zero-order chi connectivity index (χ0) is 12.5. The summed E-state index contributed by atoms with van der Waals surface area (Å²) >= 11 is 0. The van der Waals surface area contributed by atoms with Gasteiger partial charge in [-0.1, -0.05) is 44.2 Å². The maximum atomic E-state index is 10.9. The Balaban J connectivity index is 0.00000162. The SMILES string of the molecule is CC1(C)C(COCc2ccccc2)C1C(=O)[O-].[Na+]. The molecule has 1 aliphatic rings. The predicted molar refractivity (Wildman–Crippen MR) is 61.9 cm³/mol. The average molecular weight is 256 g/mol. The van der Waals surface area contributed by atoms with E-state index in [1.165, 1.54) is 0 Å². The number of aliphatic carboxylic acids is 1. The zero-order valence-electron chi connectivity index (χ0n) is 11.2. The molecule has 0 radical (unpaired) electrons. The van der Waals surface area contributed by atoms with E-state index in [0.717, 1.165) is 5.56 Å². The number of hydrogen-bond donors (Lipinski definition) is 0. The normalized spacial score (nSPS) is 24.1. The van der Waals surface area contributed by atoms with Crippen LogP contribution in [0.15, 0.2) is 30.3 Å². The van der Waals surface area contributed by atoms with Crippen molar-refractivity contribution in [3.05, 3.63) is 35.9 Å². The van der Waals surface area contributed by atoms with Gasteiger partial charge >= 0.3 is 29.6 Å². The Morgan fingerprint density at radius 2 is 1.94 bits per heavy atom. The zero-order valence-corrected chi connectivity index (χ0v) is 13.2. The van der Waals surface area contributed by atoms with Crippen molar-refractivity contribution in [2.24, 2.45) is 17.3 Å². The van der Waals surface area contributed by atoms with Crippen LogP contribution < -0.4 is 34.7 Å². The summed E-state index contributed by atoms with van der Waals surface area (Å²) in [5.74, 6) is -1.24. The molecule has 0 aliphatic heterocycles. The van der Waals surface area contributed by atoms with E-state index in [4.69, 9.17) is 4.74 Å². The summed E-state index contributed by atoms with van der Waals surface area (Å²) < 4.78 is 5.57. The molecule has 1 aromatic rings. The van der Waals surface area contributed by atoms with Crippen molar-refractivity contribution < 1.29 is 44.2 Å². The Labute approximate surface area is 130 Å². The molecule has 0 heterocycles. The van der Waals surface area contributed by atoms with Crippen LogP contribution in [0.5, 0.6) is 0 Å². The van der Waals surface area contributed by atoms with Gasteiger partial charge < -0.3 is 14.6 Å². The van der Waals surface area contributed by atoms with Crippen LogP contribution in [0, 0.1) is 17.3 Å². The van der Waals surface area contributed by atoms with E-state index >= 15 is 0 Å². The standard InChI is InChI=1S/C14H18O3.Na/c1-14(2)11(12(14)13(15)16)9-17-8-10-6-4-3-5-7-10;/h3-7,11-12H,8-9H2,1-2H3,(H,15,16);/q;+1/p-1. The maximum absolute atomic E-state index is 10.9. The first-order valence-corrected chi connectivity index (χ1v) is 5.86. The summed E-state index contributed by atoms with van der Waals surface area (Å²) in [6.45, 7) is 4.92. The van der Waals surface area contributed by atoms with Crippen molar-refractivity contribution in [3.8, 4) is 0 Å². The van der Waals surface area contributed by atoms with Gasteiger partial charge in [-0.3, -0.25) is 0 Å². The second kappa shape index (κ2) is 6.20. The number of carboxylic acids is 1. The first-order chi connectivity index (χ1) is 8.03. The van der Waals surface area contributed by atoms with Crippen molar-refractivity contribution in [3.63, 3.8) is 0 Å². The van der Waals surface area contributed by atoms with Gasteiger partial charge in [0.05, 0.1) is 13.2 Å². The molecule has 0 N–H and O–H groups in total. The minimum atomic E-state index is -0.955. The summed E-state index contributed by atoms with van der Waals surface area (Å²) in [4.78, 5) is 10.9. The molecule has 3 nitrogen and oxygen atoms in total. The molecule has 0 aromatic heterocycles. The molecule has 1 aromatic carbocycles. The number of benzene rings is 1. The molecule has 1 fully saturated rings. The number of ether oxygens (including phenoxy) is 1. The minimum absolute atomic E-state index is 0. The first-order valence-electron chi connectivity index (χ1n) is 5.86. The Kier molecular flexibility index (Phi) is 5.41. The first kappa shape index (κ1) is 15.7. The minimum Gasteiger partial charge on any atom is -0.550 e. The molecule has 2 unspecified atom stereocenters. The molecule has 92 valence electrons. The van der Waals surface area contributed by atoms with Crippen LogP contribution in [0.1, 0.15) is 19.4 Å². The second-order valence-corrected chi connectivity index (χ2v) is 5.23. The van der Waals surface area contributed by atoms with Crippen LogP contribution >= 0.6 is 0 Å². The van der Waals surface area contributed by atoms with E-state index in [0.29, 0.717) is 13.2 Å². The van der Waals surface area contributed by atoms with Crippen molar-refractivity contribution >= 4 is 5.97 Å². The fourth-order valence-corrected chi connectivity index (χ4v) is 2.40. The Bertz CT molecular complexity index is 403. The summed E-state index contributed by atoms with van der Waals surface area (Å²) in [6.07, 6.45) is 0. The van der Waals surface area contributed by atoms with Gasteiger partial charge in [0, 0.05) is 11.9 Å². The van der Waals surface area contributed by atoms with E-state index in [2.05, 4.69) is 0 Å². The van der Waals surface area contributed by atoms with Crippen LogP contribution in [0.2, 0.25) is 0 Å². The molecule has 0 spiro atoms. The summed E-state index contributed by atoms with van der Waals surface area (Å²) in [7, 11) is 0. The van der Waals surface area contributed by atoms with Crippen molar-refractivity contribution in [2.45, 2.75) is 20.5 Å². The fourth-order valence-electron chi connectivity index (χ4n) is 2.40. The summed E-state index contributed by atoms with van der Waals surface area (Å²) in [5, 5.41) is 10.9. The summed E-state index contributed by atoms with van der Waals surface area (Å²) in [5.41, 5.74) is 0.922. The summed E-state index contributed by atoms with van der Waals surface area (Å²) in [6, 6.07) is 9.87. The van der Waals surface area contributed by atoms with Crippen LogP contribution in [-0.2, 0) is 16.1 Å². The smallest absolute Gasteiger partial charge is 0.550 e. The maximum Gasteiger partial charge on any atom is 1.00 e. The third kappa shape index (κ3) is 3.35. The van der Waals surface area contributed by atoms with Crippen molar-refractivity contribution in [2.75, 3.05) is 6.61 Å². The Morgan fingerprint density at radius 1 is 1.33 bits per heavy atom. The van der Waals surface area contributed by atoms with Gasteiger partial charge in [-0.15, -0.1) is 0 Å². The van der Waals surface area contributed by atoms with Crippen molar-refractivity contribution in [1.29, 1.82) is 0 Å². The quantitative estimate of drug-likeness (QED) is 0.586. The molecule has 2 atom stereocenters. The van der Waals surface area contributed by atoms with Crippen LogP contribution in [0.3, 0.4) is 0 Å². The Hall–Kier alpha value is -0.350. The van der Waals surface area contributed by atoms with Gasteiger partial charge in [0.25, 0.3) is 0 Å². The largest absolute Gasteiger partial charge is 1.00 e. The Morgan fingerprint density at radius 3 is 2.44 bits per heavy atom. The molecule has 0 bridgehead atoms. The van der Waals surface area contributed by atoms with E-state index in [-0.39, 0.29) is 46.8 Å². The second-order valence-electron chi connectivity index (χ2n) is 5.23. The molecule has 4 heteroatoms. The van der Waals surface area contributed by atoms with E-state index in [1.54, 1.807) is 0 Å². The molecule has 2 rings (SSSR count). The van der Waals surface area contributed by atoms with E-state index < -0.39 is 5.97 Å². The van der Waals surface area contributed by atoms with Gasteiger partial charge in [0.15, 0.2) is 0 Å². The third-order valence-electron chi connectivity index (χ3n) is 3.71. The number of rotatable bonds is 5. The molecule has 0 amide bonds. The molecule has 1 aliphatic carbocycles. The van der Waals surface area contributed by atoms with Crippen LogP contribution in [0.25, 0.3) is 0 Å². The average Bonchev–Trinajstić information content (AvgIpc) is 2.82. The van der Waals surface area contributed by atoms with E-state index in [9.17, 15) is 9.90 Å². The molecule has 1 saturated carbocycles. The third-order valence-corrected chi connectivity index (χ3v) is 3.71. The van der Waals surface area contributed by atoms with Crippen LogP contribution in [-0.4, -0.2) is 12.6 Å². The van der Waals surface area contributed by atoms with Gasteiger partial charge in [-0.05, 0) is 16.9 Å². The number of carboxylic acid groups (broad SMARTS) is 1. The molecule has 0 saturated heterocycles. The molecular formula is C14H17NaO3. The fraction of sp³-hybridized carbons (Fsp3) is 0.500. The van der Waals surface area contributed by atoms with Gasteiger partial charge in [0.1, 0.15) is 0 Å². The predicted octanol–water partition coefficient (Wildman–Crippen LogP) is -1.77. The van der Waals surface area contributed by atoms with E-state index in [1.807, 2.05) is 44.2 Å². The molecular weight excluding hydrogens is 239 g/mol.